The van der Waals surface area contributed by atoms with Crippen molar-refractivity contribution in [2.75, 3.05) is 26.7 Å². The lowest BCUT2D eigenvalue weighted by Crippen LogP contribution is -2.31. The van der Waals surface area contributed by atoms with Gasteiger partial charge in [-0.15, -0.1) is 0 Å². The van der Waals surface area contributed by atoms with E-state index < -0.39 is 4.92 Å². The number of nitro groups is 1. The van der Waals surface area contributed by atoms with Crippen LogP contribution in [0.1, 0.15) is 19.4 Å². The third-order valence-electron chi connectivity index (χ3n) is 3.05. The van der Waals surface area contributed by atoms with Crippen molar-refractivity contribution in [1.29, 1.82) is 0 Å². The molecule has 1 aromatic rings. The average molecular weight is 295 g/mol. The highest BCUT2D eigenvalue weighted by molar-refractivity contribution is 5.77. The summed E-state index contributed by atoms with van der Waals surface area (Å²) in [6.07, 6.45) is 0. The molecular weight excluding hydrogens is 274 g/mol. The zero-order valence-corrected chi connectivity index (χ0v) is 12.6. The fraction of sp³-hybridized carbons (Fsp3) is 0.500. The predicted molar refractivity (Wildman–Crippen MR) is 79.3 cm³/mol. The van der Waals surface area contributed by atoms with Gasteiger partial charge in [0, 0.05) is 26.2 Å². The minimum Gasteiger partial charge on any atom is -0.477 e. The molecule has 0 atom stereocenters. The normalized spacial score (nSPS) is 10.2. The Hall–Kier alpha value is -2.15. The van der Waals surface area contributed by atoms with Gasteiger partial charge in [-0.1, -0.05) is 13.0 Å². The second-order valence-corrected chi connectivity index (χ2v) is 4.54. The van der Waals surface area contributed by atoms with Crippen molar-refractivity contribution in [3.63, 3.8) is 0 Å². The zero-order chi connectivity index (χ0) is 15.8. The molecule has 0 aliphatic rings. The average Bonchev–Trinajstić information content (AvgIpc) is 2.49. The highest BCUT2D eigenvalue weighted by Gasteiger charge is 2.17. The lowest BCUT2D eigenvalue weighted by atomic mass is 10.2. The van der Waals surface area contributed by atoms with Crippen molar-refractivity contribution < 1.29 is 14.5 Å². The van der Waals surface area contributed by atoms with Gasteiger partial charge < -0.3 is 15.0 Å². The number of rotatable bonds is 8. The predicted octanol–water partition coefficient (Wildman–Crippen LogP) is 1.56. The number of carbonyl (C=O) groups is 1. The molecule has 0 spiro atoms. The van der Waals surface area contributed by atoms with Gasteiger partial charge in [0.2, 0.25) is 0 Å². The lowest BCUT2D eigenvalue weighted by molar-refractivity contribution is -0.385. The number of nitrogens with one attached hydrogen (secondary N) is 1. The van der Waals surface area contributed by atoms with E-state index >= 15 is 0 Å². The van der Waals surface area contributed by atoms with E-state index in [4.69, 9.17) is 4.74 Å². The highest BCUT2D eigenvalue weighted by Crippen LogP contribution is 2.28. The van der Waals surface area contributed by atoms with Crippen molar-refractivity contribution >= 4 is 11.6 Å². The van der Waals surface area contributed by atoms with Crippen LogP contribution in [0.2, 0.25) is 0 Å². The minimum absolute atomic E-state index is 0.109. The van der Waals surface area contributed by atoms with Gasteiger partial charge in [0.05, 0.1) is 4.92 Å². The van der Waals surface area contributed by atoms with Crippen molar-refractivity contribution in [2.45, 2.75) is 20.4 Å². The summed E-state index contributed by atoms with van der Waals surface area (Å²) >= 11 is 0. The number of amides is 1. The number of nitrogens with zero attached hydrogens (tertiary/aromatic N) is 2. The molecule has 0 heterocycles. The number of benzene rings is 1. The summed E-state index contributed by atoms with van der Waals surface area (Å²) in [5.74, 6) is -0.110. The summed E-state index contributed by atoms with van der Waals surface area (Å²) in [4.78, 5) is 23.7. The van der Waals surface area contributed by atoms with Crippen LogP contribution in [0.25, 0.3) is 0 Å². The summed E-state index contributed by atoms with van der Waals surface area (Å²) in [5.41, 5.74) is 0.672. The van der Waals surface area contributed by atoms with Crippen molar-refractivity contribution in [3.8, 4) is 5.75 Å². The Morgan fingerprint density at radius 1 is 1.43 bits per heavy atom. The number of nitro benzene ring substituents is 1. The van der Waals surface area contributed by atoms with Crippen LogP contribution in [0.5, 0.6) is 5.75 Å². The first-order valence-electron chi connectivity index (χ1n) is 6.84. The van der Waals surface area contributed by atoms with E-state index in [1.807, 2.05) is 13.8 Å². The number of carbonyl (C=O) groups excluding carboxylic acids is 1. The first kappa shape index (κ1) is 16.9. The topological polar surface area (TPSA) is 84.7 Å². The summed E-state index contributed by atoms with van der Waals surface area (Å²) in [6.45, 7) is 5.49. The van der Waals surface area contributed by atoms with Crippen LogP contribution in [0.3, 0.4) is 0 Å². The van der Waals surface area contributed by atoms with E-state index in [2.05, 4.69) is 5.32 Å². The molecule has 0 aromatic heterocycles. The Balaban J connectivity index is 2.81. The van der Waals surface area contributed by atoms with Crippen LogP contribution in [-0.2, 0) is 11.3 Å². The molecule has 21 heavy (non-hydrogen) atoms. The van der Waals surface area contributed by atoms with E-state index in [9.17, 15) is 14.9 Å². The lowest BCUT2D eigenvalue weighted by Gasteiger charge is -2.15. The Kier molecular flexibility index (Phi) is 6.61. The van der Waals surface area contributed by atoms with Gasteiger partial charge >= 0.3 is 5.69 Å². The van der Waals surface area contributed by atoms with Crippen molar-refractivity contribution in [1.82, 2.24) is 10.2 Å². The van der Waals surface area contributed by atoms with E-state index in [0.29, 0.717) is 13.1 Å². The van der Waals surface area contributed by atoms with Gasteiger partial charge in [-0.05, 0) is 25.1 Å². The second kappa shape index (κ2) is 8.21. The maximum Gasteiger partial charge on any atom is 0.311 e. The Labute approximate surface area is 124 Å². The Morgan fingerprint density at radius 2 is 2.14 bits per heavy atom. The van der Waals surface area contributed by atoms with Crippen LogP contribution in [0.15, 0.2) is 18.2 Å². The maximum absolute atomic E-state index is 11.7. The second-order valence-electron chi connectivity index (χ2n) is 4.54. The standard InChI is InChI=1S/C14H21N3O4/c1-4-15-9-11-6-7-13(12(8-11)17(19)20)21-10-14(18)16(3)5-2/h6-8,15H,4-5,9-10H2,1-3H3. The number of ether oxygens (including phenoxy) is 1. The molecule has 7 heteroatoms. The van der Waals surface area contributed by atoms with Crippen LogP contribution in [-0.4, -0.2) is 42.5 Å². The van der Waals surface area contributed by atoms with Crippen LogP contribution in [0.4, 0.5) is 5.69 Å². The summed E-state index contributed by atoms with van der Waals surface area (Å²) < 4.78 is 5.29. The molecule has 1 aromatic carbocycles. The quantitative estimate of drug-likeness (QED) is 0.581. The van der Waals surface area contributed by atoms with Crippen LogP contribution >= 0.6 is 0 Å². The first-order chi connectivity index (χ1) is 9.99. The van der Waals surface area contributed by atoms with E-state index in [-0.39, 0.29) is 24.0 Å². The maximum atomic E-state index is 11.7. The summed E-state index contributed by atoms with van der Waals surface area (Å²) in [7, 11) is 1.65. The monoisotopic (exact) mass is 295 g/mol. The summed E-state index contributed by atoms with van der Waals surface area (Å²) in [6, 6.07) is 4.75. The third kappa shape index (κ3) is 5.03. The molecule has 0 fully saturated rings. The fourth-order valence-electron chi connectivity index (χ4n) is 1.63. The molecule has 1 rings (SSSR count). The SMILES string of the molecule is CCNCc1ccc(OCC(=O)N(C)CC)c([N+](=O)[O-])c1. The first-order valence-corrected chi connectivity index (χ1v) is 6.84. The summed E-state index contributed by atoms with van der Waals surface area (Å²) in [5, 5.41) is 14.2. The number of likely N-dealkylation sites (N-methyl/N-ethyl adjacent to an activating group) is 1. The molecule has 0 aliphatic carbocycles. The van der Waals surface area contributed by atoms with Gasteiger partial charge in [-0.3, -0.25) is 14.9 Å². The van der Waals surface area contributed by atoms with E-state index in [1.54, 1.807) is 13.1 Å². The largest absolute Gasteiger partial charge is 0.477 e. The Morgan fingerprint density at radius 3 is 2.71 bits per heavy atom. The van der Waals surface area contributed by atoms with Gasteiger partial charge in [-0.2, -0.15) is 0 Å². The van der Waals surface area contributed by atoms with Crippen molar-refractivity contribution in [3.05, 3.63) is 33.9 Å². The van der Waals surface area contributed by atoms with E-state index in [1.165, 1.54) is 17.0 Å². The van der Waals surface area contributed by atoms with Gasteiger partial charge in [-0.25, -0.2) is 0 Å². The molecule has 1 N–H and O–H groups in total. The molecule has 0 aliphatic heterocycles. The number of hydrogen-bond donors (Lipinski definition) is 1. The third-order valence-corrected chi connectivity index (χ3v) is 3.05. The van der Waals surface area contributed by atoms with E-state index in [0.717, 1.165) is 12.1 Å². The molecule has 7 nitrogen and oxygen atoms in total. The van der Waals surface area contributed by atoms with Crippen molar-refractivity contribution in [2.24, 2.45) is 0 Å². The zero-order valence-electron chi connectivity index (χ0n) is 12.6. The smallest absolute Gasteiger partial charge is 0.311 e. The van der Waals surface area contributed by atoms with Crippen LogP contribution < -0.4 is 10.1 Å². The van der Waals surface area contributed by atoms with Crippen LogP contribution in [0, 0.1) is 10.1 Å². The molecule has 1 amide bonds. The van der Waals surface area contributed by atoms with Gasteiger partial charge in [0.25, 0.3) is 5.91 Å². The molecule has 0 saturated heterocycles. The molecule has 0 saturated carbocycles. The Bertz CT molecular complexity index is 505. The van der Waals surface area contributed by atoms with Gasteiger partial charge in [0.15, 0.2) is 12.4 Å². The fourth-order valence-corrected chi connectivity index (χ4v) is 1.63. The highest BCUT2D eigenvalue weighted by atomic mass is 16.6. The molecule has 0 unspecified atom stereocenters. The molecular formula is C14H21N3O4. The minimum atomic E-state index is -0.501. The molecule has 0 bridgehead atoms. The molecule has 0 radical (unpaired) electrons. The number of hydrogen-bond acceptors (Lipinski definition) is 5. The van der Waals surface area contributed by atoms with Gasteiger partial charge in [0.1, 0.15) is 0 Å². The molecule has 116 valence electrons.